The maximum atomic E-state index is 13.1. The number of nitriles is 1. The van der Waals surface area contributed by atoms with Crippen LogP contribution in [0.2, 0.25) is 0 Å². The highest BCUT2D eigenvalue weighted by Gasteiger charge is 2.22. The highest BCUT2D eigenvalue weighted by molar-refractivity contribution is 5.59. The molecule has 1 aliphatic heterocycles. The molecule has 96 valence electrons. The fourth-order valence-electron chi connectivity index (χ4n) is 2.50. The Hall–Kier alpha value is -1.60. The first-order valence-corrected chi connectivity index (χ1v) is 6.23. The molecule has 1 heterocycles. The van der Waals surface area contributed by atoms with E-state index in [-0.39, 0.29) is 5.82 Å². The average molecular weight is 247 g/mol. The monoisotopic (exact) mass is 247 g/mol. The molecule has 0 spiro atoms. The van der Waals surface area contributed by atoms with E-state index in [0.29, 0.717) is 11.6 Å². The van der Waals surface area contributed by atoms with Gasteiger partial charge in [-0.3, -0.25) is 0 Å². The SMILES string of the molecule is CN(C)C1CCN(c2ccc(F)cc2C#N)CC1. The van der Waals surface area contributed by atoms with Crippen LogP contribution >= 0.6 is 0 Å². The molecular weight excluding hydrogens is 229 g/mol. The predicted octanol–water partition coefficient (Wildman–Crippen LogP) is 2.23. The molecule has 0 N–H and O–H groups in total. The number of nitrogens with zero attached hydrogens (tertiary/aromatic N) is 3. The Bertz CT molecular complexity index is 457. The summed E-state index contributed by atoms with van der Waals surface area (Å²) >= 11 is 0. The first-order valence-electron chi connectivity index (χ1n) is 6.23. The third kappa shape index (κ3) is 2.62. The van der Waals surface area contributed by atoms with E-state index in [2.05, 4.69) is 30.0 Å². The van der Waals surface area contributed by atoms with Crippen molar-refractivity contribution in [3.05, 3.63) is 29.6 Å². The van der Waals surface area contributed by atoms with E-state index >= 15 is 0 Å². The Kier molecular flexibility index (Phi) is 3.83. The lowest BCUT2D eigenvalue weighted by atomic mass is 10.0. The fourth-order valence-corrected chi connectivity index (χ4v) is 2.50. The Balaban J connectivity index is 2.13. The van der Waals surface area contributed by atoms with Gasteiger partial charge in [0.15, 0.2) is 0 Å². The predicted molar refractivity (Wildman–Crippen MR) is 70.0 cm³/mol. The molecule has 0 aromatic heterocycles. The van der Waals surface area contributed by atoms with E-state index in [0.717, 1.165) is 31.6 Å². The van der Waals surface area contributed by atoms with Crippen molar-refractivity contribution in [2.45, 2.75) is 18.9 Å². The number of halogens is 1. The second-order valence-corrected chi connectivity index (χ2v) is 4.96. The van der Waals surface area contributed by atoms with Gasteiger partial charge in [-0.15, -0.1) is 0 Å². The number of rotatable bonds is 2. The van der Waals surface area contributed by atoms with Gasteiger partial charge in [0.05, 0.1) is 11.3 Å². The van der Waals surface area contributed by atoms with Gasteiger partial charge in [-0.05, 0) is 45.1 Å². The van der Waals surface area contributed by atoms with Crippen molar-refractivity contribution in [1.29, 1.82) is 5.26 Å². The quantitative estimate of drug-likeness (QED) is 0.803. The molecular formula is C14H18FN3. The second kappa shape index (κ2) is 5.36. The summed E-state index contributed by atoms with van der Waals surface area (Å²) in [6, 6.07) is 7.13. The Morgan fingerprint density at radius 1 is 1.33 bits per heavy atom. The van der Waals surface area contributed by atoms with Gasteiger partial charge in [0, 0.05) is 19.1 Å². The molecule has 1 saturated heterocycles. The Labute approximate surface area is 107 Å². The first kappa shape index (κ1) is 12.8. The van der Waals surface area contributed by atoms with Gasteiger partial charge in [0.1, 0.15) is 11.9 Å². The highest BCUT2D eigenvalue weighted by Crippen LogP contribution is 2.25. The Morgan fingerprint density at radius 3 is 2.56 bits per heavy atom. The zero-order valence-electron chi connectivity index (χ0n) is 10.9. The summed E-state index contributed by atoms with van der Waals surface area (Å²) in [5.41, 5.74) is 1.29. The summed E-state index contributed by atoms with van der Waals surface area (Å²) in [6.07, 6.45) is 2.16. The Morgan fingerprint density at radius 2 is 2.00 bits per heavy atom. The van der Waals surface area contributed by atoms with E-state index in [1.54, 1.807) is 6.07 Å². The van der Waals surface area contributed by atoms with Crippen molar-refractivity contribution in [2.24, 2.45) is 0 Å². The van der Waals surface area contributed by atoms with Crippen LogP contribution in [-0.4, -0.2) is 38.1 Å². The zero-order chi connectivity index (χ0) is 13.1. The summed E-state index contributed by atoms with van der Waals surface area (Å²) in [5, 5.41) is 9.06. The average Bonchev–Trinajstić information content (AvgIpc) is 2.38. The van der Waals surface area contributed by atoms with Crippen molar-refractivity contribution < 1.29 is 4.39 Å². The lowest BCUT2D eigenvalue weighted by Gasteiger charge is -2.36. The van der Waals surface area contributed by atoms with Gasteiger partial charge in [-0.2, -0.15) is 5.26 Å². The van der Waals surface area contributed by atoms with Crippen molar-refractivity contribution >= 4 is 5.69 Å². The third-order valence-corrected chi connectivity index (χ3v) is 3.61. The van der Waals surface area contributed by atoms with Crippen molar-refractivity contribution in [1.82, 2.24) is 4.90 Å². The number of anilines is 1. The largest absolute Gasteiger partial charge is 0.370 e. The van der Waals surface area contributed by atoms with E-state index in [1.165, 1.54) is 12.1 Å². The number of piperidine rings is 1. The van der Waals surface area contributed by atoms with Gasteiger partial charge in [-0.1, -0.05) is 0 Å². The summed E-state index contributed by atoms with van der Waals surface area (Å²) < 4.78 is 13.1. The van der Waals surface area contributed by atoms with Crippen LogP contribution in [0.5, 0.6) is 0 Å². The minimum absolute atomic E-state index is 0.349. The van der Waals surface area contributed by atoms with Crippen LogP contribution < -0.4 is 4.90 Å². The van der Waals surface area contributed by atoms with Crippen LogP contribution in [-0.2, 0) is 0 Å². The topological polar surface area (TPSA) is 30.3 Å². The second-order valence-electron chi connectivity index (χ2n) is 4.96. The fraction of sp³-hybridized carbons (Fsp3) is 0.500. The molecule has 2 rings (SSSR count). The lowest BCUT2D eigenvalue weighted by molar-refractivity contribution is 0.249. The zero-order valence-corrected chi connectivity index (χ0v) is 10.9. The van der Waals surface area contributed by atoms with Gasteiger partial charge >= 0.3 is 0 Å². The molecule has 0 aliphatic carbocycles. The van der Waals surface area contributed by atoms with E-state index in [4.69, 9.17) is 5.26 Å². The van der Waals surface area contributed by atoms with Gasteiger partial charge in [0.25, 0.3) is 0 Å². The smallest absolute Gasteiger partial charge is 0.124 e. The standard InChI is InChI=1S/C14H18FN3/c1-17(2)13-5-7-18(8-6-13)14-4-3-12(15)9-11(14)10-16/h3-4,9,13H,5-8H2,1-2H3. The molecule has 0 radical (unpaired) electrons. The molecule has 4 heteroatoms. The molecule has 1 aromatic carbocycles. The molecule has 0 unspecified atom stereocenters. The molecule has 3 nitrogen and oxygen atoms in total. The van der Waals surface area contributed by atoms with Crippen LogP contribution in [0.4, 0.5) is 10.1 Å². The first-order chi connectivity index (χ1) is 8.61. The summed E-state index contributed by atoms with van der Waals surface area (Å²) in [7, 11) is 4.19. The molecule has 0 amide bonds. The number of benzene rings is 1. The van der Waals surface area contributed by atoms with E-state index in [1.807, 2.05) is 0 Å². The van der Waals surface area contributed by atoms with Gasteiger partial charge in [-0.25, -0.2) is 4.39 Å². The number of hydrogen-bond donors (Lipinski definition) is 0. The maximum Gasteiger partial charge on any atom is 0.124 e. The summed E-state index contributed by atoms with van der Waals surface area (Å²) in [5.74, 6) is -0.349. The molecule has 1 aliphatic rings. The normalized spacial score (nSPS) is 16.9. The third-order valence-electron chi connectivity index (χ3n) is 3.61. The van der Waals surface area contributed by atoms with Crippen LogP contribution in [0.1, 0.15) is 18.4 Å². The van der Waals surface area contributed by atoms with Gasteiger partial charge < -0.3 is 9.80 Å². The minimum Gasteiger partial charge on any atom is -0.370 e. The molecule has 1 fully saturated rings. The van der Waals surface area contributed by atoms with Crippen molar-refractivity contribution in [2.75, 3.05) is 32.1 Å². The highest BCUT2D eigenvalue weighted by atomic mass is 19.1. The minimum atomic E-state index is -0.349. The molecule has 0 bridgehead atoms. The van der Waals surface area contributed by atoms with E-state index in [9.17, 15) is 4.39 Å². The van der Waals surface area contributed by atoms with Crippen molar-refractivity contribution in [3.8, 4) is 6.07 Å². The lowest BCUT2D eigenvalue weighted by Crippen LogP contribution is -2.42. The van der Waals surface area contributed by atoms with E-state index < -0.39 is 0 Å². The molecule has 0 atom stereocenters. The van der Waals surface area contributed by atoms with Gasteiger partial charge in [0.2, 0.25) is 0 Å². The summed E-state index contributed by atoms with van der Waals surface area (Å²) in [4.78, 5) is 4.42. The van der Waals surface area contributed by atoms with Crippen LogP contribution in [0.3, 0.4) is 0 Å². The molecule has 18 heavy (non-hydrogen) atoms. The molecule has 1 aromatic rings. The maximum absolute atomic E-state index is 13.1. The number of hydrogen-bond acceptors (Lipinski definition) is 3. The van der Waals surface area contributed by atoms with Crippen LogP contribution in [0, 0.1) is 17.1 Å². The van der Waals surface area contributed by atoms with Crippen LogP contribution in [0.15, 0.2) is 18.2 Å². The molecule has 0 saturated carbocycles. The van der Waals surface area contributed by atoms with Crippen molar-refractivity contribution in [3.63, 3.8) is 0 Å². The van der Waals surface area contributed by atoms with Crippen LogP contribution in [0.25, 0.3) is 0 Å². The summed E-state index contributed by atoms with van der Waals surface area (Å²) in [6.45, 7) is 1.84.